The van der Waals surface area contributed by atoms with Gasteiger partial charge in [0.1, 0.15) is 11.9 Å². The van der Waals surface area contributed by atoms with Crippen LogP contribution in [0.5, 0.6) is 5.75 Å². The van der Waals surface area contributed by atoms with Crippen LogP contribution in [0.2, 0.25) is 0 Å². The molecule has 0 saturated heterocycles. The summed E-state index contributed by atoms with van der Waals surface area (Å²) in [5, 5.41) is 11.3. The molecule has 3 nitrogen and oxygen atoms in total. The van der Waals surface area contributed by atoms with Gasteiger partial charge in [0.15, 0.2) is 0 Å². The van der Waals surface area contributed by atoms with Crippen molar-refractivity contribution in [2.45, 2.75) is 83.7 Å². The number of hydrogen-bond acceptors (Lipinski definition) is 3. The van der Waals surface area contributed by atoms with Crippen molar-refractivity contribution in [3.63, 3.8) is 0 Å². The number of ether oxygens (including phenoxy) is 1. The molecule has 140 valence electrons. The molecule has 4 heteroatoms. The Morgan fingerprint density at radius 1 is 1.00 bits per heavy atom. The third-order valence-electron chi connectivity index (χ3n) is 4.48. The van der Waals surface area contributed by atoms with E-state index in [1.54, 1.807) is 18.2 Å². The van der Waals surface area contributed by atoms with E-state index in [4.69, 9.17) is 4.74 Å². The first-order valence-electron chi connectivity index (χ1n) is 9.77. The van der Waals surface area contributed by atoms with Gasteiger partial charge in [-0.3, -0.25) is 0 Å². The van der Waals surface area contributed by atoms with Crippen molar-refractivity contribution in [1.29, 1.82) is 0 Å². The Kier molecular flexibility index (Phi) is 15.9. The van der Waals surface area contributed by atoms with Crippen LogP contribution in [0.4, 0.5) is 0 Å². The maximum atomic E-state index is 11.3. The van der Waals surface area contributed by atoms with Gasteiger partial charge in [-0.1, -0.05) is 89.5 Å². The quantitative estimate of drug-likeness (QED) is 0.352. The molecule has 0 amide bonds. The zero-order valence-corrected chi connectivity index (χ0v) is 18.7. The Balaban J connectivity index is 0.00000625. The molecule has 0 spiro atoms. The normalized spacial score (nSPS) is 11.4. The van der Waals surface area contributed by atoms with Crippen LogP contribution in [0.25, 0.3) is 6.08 Å². The monoisotopic (exact) mass is 368 g/mol. The number of aliphatic carboxylic acids is 1. The zero-order valence-electron chi connectivity index (χ0n) is 16.7. The molecule has 0 aliphatic carbocycles. The van der Waals surface area contributed by atoms with Crippen molar-refractivity contribution in [3.8, 4) is 5.75 Å². The molecule has 1 aromatic rings. The molecule has 0 aromatic heterocycles. The molecule has 1 atom stereocenters. The van der Waals surface area contributed by atoms with E-state index in [1.165, 1.54) is 51.4 Å². The van der Waals surface area contributed by atoms with Gasteiger partial charge in [0.05, 0.1) is 5.97 Å². The summed E-state index contributed by atoms with van der Waals surface area (Å²) in [5.74, 6) is -0.574. The Bertz CT molecular complexity index is 485. The smallest absolute Gasteiger partial charge is 0.546 e. The number of rotatable bonds is 15. The second kappa shape index (κ2) is 16.4. The molecular formula is C22H33NaO3. The summed E-state index contributed by atoms with van der Waals surface area (Å²) in [5.41, 5.74) is 0.979. The van der Waals surface area contributed by atoms with Crippen LogP contribution < -0.4 is 39.4 Å². The summed E-state index contributed by atoms with van der Waals surface area (Å²) in [7, 11) is 0. The minimum Gasteiger partial charge on any atom is -0.546 e. The minimum atomic E-state index is -1.14. The van der Waals surface area contributed by atoms with Crippen LogP contribution in [0.15, 0.2) is 30.8 Å². The Morgan fingerprint density at radius 2 is 1.50 bits per heavy atom. The number of carbonyl (C=O) groups is 1. The summed E-state index contributed by atoms with van der Waals surface area (Å²) >= 11 is 0. The summed E-state index contributed by atoms with van der Waals surface area (Å²) < 4.78 is 5.56. The van der Waals surface area contributed by atoms with E-state index in [0.717, 1.165) is 18.4 Å². The molecule has 0 radical (unpaired) electrons. The Labute approximate surface area is 181 Å². The fourth-order valence-corrected chi connectivity index (χ4v) is 2.89. The van der Waals surface area contributed by atoms with Crippen LogP contribution in [-0.2, 0) is 4.79 Å². The van der Waals surface area contributed by atoms with Crippen molar-refractivity contribution < 1.29 is 44.2 Å². The summed E-state index contributed by atoms with van der Waals surface area (Å²) in [6, 6.07) is 7.25. The van der Waals surface area contributed by atoms with E-state index >= 15 is 0 Å². The first-order valence-corrected chi connectivity index (χ1v) is 9.77. The number of carboxylic acid groups (broad SMARTS) is 1. The van der Waals surface area contributed by atoms with Gasteiger partial charge in [-0.15, -0.1) is 0 Å². The first kappa shape index (κ1) is 25.2. The molecule has 26 heavy (non-hydrogen) atoms. The van der Waals surface area contributed by atoms with E-state index in [0.29, 0.717) is 12.2 Å². The summed E-state index contributed by atoms with van der Waals surface area (Å²) in [6.07, 6.45) is 13.7. The van der Waals surface area contributed by atoms with Crippen molar-refractivity contribution in [3.05, 3.63) is 36.4 Å². The third kappa shape index (κ3) is 11.8. The van der Waals surface area contributed by atoms with Crippen molar-refractivity contribution in [1.82, 2.24) is 0 Å². The minimum absolute atomic E-state index is 0. The number of carbonyl (C=O) groups excluding carboxylic acids is 1. The molecule has 0 bridgehead atoms. The number of unbranched alkanes of at least 4 members (excludes halogenated alkanes) is 9. The van der Waals surface area contributed by atoms with Crippen LogP contribution >= 0.6 is 0 Å². The average Bonchev–Trinajstić information content (AvgIpc) is 2.62. The largest absolute Gasteiger partial charge is 1.00 e. The van der Waals surface area contributed by atoms with Crippen molar-refractivity contribution in [2.75, 3.05) is 0 Å². The molecule has 0 aliphatic heterocycles. The molecule has 0 saturated carbocycles. The van der Waals surface area contributed by atoms with Gasteiger partial charge in [0, 0.05) is 0 Å². The van der Waals surface area contributed by atoms with Gasteiger partial charge in [-0.25, -0.2) is 0 Å². The molecular weight excluding hydrogens is 335 g/mol. The van der Waals surface area contributed by atoms with Gasteiger partial charge >= 0.3 is 29.6 Å². The Morgan fingerprint density at radius 3 is 1.96 bits per heavy atom. The Hall–Kier alpha value is -0.770. The average molecular weight is 368 g/mol. The van der Waals surface area contributed by atoms with E-state index in [-0.39, 0.29) is 29.6 Å². The maximum Gasteiger partial charge on any atom is 1.00 e. The van der Waals surface area contributed by atoms with E-state index < -0.39 is 12.1 Å². The molecule has 0 aliphatic rings. The predicted molar refractivity (Wildman–Crippen MR) is 102 cm³/mol. The van der Waals surface area contributed by atoms with Gasteiger partial charge in [-0.2, -0.15) is 0 Å². The number of benzene rings is 1. The summed E-state index contributed by atoms with van der Waals surface area (Å²) in [4.78, 5) is 11.3. The predicted octanol–water partition coefficient (Wildman–Crippen LogP) is 2.14. The molecule has 1 aromatic carbocycles. The van der Waals surface area contributed by atoms with Crippen LogP contribution in [0, 0.1) is 0 Å². The SMILES string of the molecule is C=Cc1ccc(OC(CCCCCCCCCCCC)C(=O)[O-])cc1.[Na+]. The van der Waals surface area contributed by atoms with Crippen LogP contribution in [0.3, 0.4) is 0 Å². The third-order valence-corrected chi connectivity index (χ3v) is 4.48. The standard InChI is InChI=1S/C22H34O3.Na/c1-3-5-6-7-8-9-10-11-12-13-14-21(22(23)24)25-20-17-15-19(4-2)16-18-20;/h4,15-18,21H,2-3,5-14H2,1H3,(H,23,24);/q;+1/p-1. The maximum absolute atomic E-state index is 11.3. The molecule has 1 rings (SSSR count). The van der Waals surface area contributed by atoms with Gasteiger partial charge in [0.25, 0.3) is 0 Å². The fraction of sp³-hybridized carbons (Fsp3) is 0.591. The number of hydrogen-bond donors (Lipinski definition) is 0. The zero-order chi connectivity index (χ0) is 18.3. The van der Waals surface area contributed by atoms with Crippen LogP contribution in [-0.4, -0.2) is 12.1 Å². The van der Waals surface area contributed by atoms with Gasteiger partial charge < -0.3 is 14.6 Å². The van der Waals surface area contributed by atoms with E-state index in [2.05, 4.69) is 13.5 Å². The number of carboxylic acids is 1. The second-order valence-electron chi connectivity index (χ2n) is 6.67. The molecule has 0 N–H and O–H groups in total. The molecule has 0 heterocycles. The van der Waals surface area contributed by atoms with E-state index in [1.807, 2.05) is 12.1 Å². The topological polar surface area (TPSA) is 49.4 Å². The van der Waals surface area contributed by atoms with E-state index in [9.17, 15) is 9.90 Å². The van der Waals surface area contributed by atoms with Crippen LogP contribution in [0.1, 0.15) is 83.1 Å². The van der Waals surface area contributed by atoms with Gasteiger partial charge in [0.2, 0.25) is 0 Å². The van der Waals surface area contributed by atoms with Crippen molar-refractivity contribution in [2.24, 2.45) is 0 Å². The second-order valence-corrected chi connectivity index (χ2v) is 6.67. The first-order chi connectivity index (χ1) is 12.2. The fourth-order valence-electron chi connectivity index (χ4n) is 2.89. The van der Waals surface area contributed by atoms with Gasteiger partial charge in [-0.05, 0) is 30.5 Å². The molecule has 1 unspecified atom stereocenters. The van der Waals surface area contributed by atoms with Crippen molar-refractivity contribution >= 4 is 12.0 Å². The molecule has 0 fully saturated rings. The summed E-state index contributed by atoms with van der Waals surface area (Å²) in [6.45, 7) is 5.93.